The lowest BCUT2D eigenvalue weighted by atomic mass is 10.2. The SMILES string of the molecule is CCCCn1c(SCC)nc2sc3c(c2c1=O)CCC3. The number of unbranched alkanes of at least 4 members (excludes halogenated alkanes) is 1. The molecule has 3 nitrogen and oxygen atoms in total. The van der Waals surface area contributed by atoms with E-state index in [9.17, 15) is 4.79 Å². The fraction of sp³-hybridized carbons (Fsp3) is 0.600. The Morgan fingerprint density at radius 3 is 2.95 bits per heavy atom. The molecular weight excluding hydrogens is 288 g/mol. The van der Waals surface area contributed by atoms with Crippen molar-refractivity contribution in [3.63, 3.8) is 0 Å². The lowest BCUT2D eigenvalue weighted by Gasteiger charge is -2.11. The van der Waals surface area contributed by atoms with E-state index in [1.54, 1.807) is 23.1 Å². The summed E-state index contributed by atoms with van der Waals surface area (Å²) in [6.07, 6.45) is 5.51. The van der Waals surface area contributed by atoms with Gasteiger partial charge in [0, 0.05) is 11.4 Å². The third kappa shape index (κ3) is 2.31. The molecule has 2 aromatic heterocycles. The van der Waals surface area contributed by atoms with Gasteiger partial charge in [0.25, 0.3) is 5.56 Å². The lowest BCUT2D eigenvalue weighted by Crippen LogP contribution is -2.23. The summed E-state index contributed by atoms with van der Waals surface area (Å²) in [6.45, 7) is 5.07. The van der Waals surface area contributed by atoms with Gasteiger partial charge in [-0.15, -0.1) is 11.3 Å². The molecule has 0 aliphatic heterocycles. The molecule has 1 aliphatic carbocycles. The van der Waals surface area contributed by atoms with Gasteiger partial charge in [-0.2, -0.15) is 0 Å². The Morgan fingerprint density at radius 1 is 1.35 bits per heavy atom. The first kappa shape index (κ1) is 14.1. The minimum Gasteiger partial charge on any atom is -0.287 e. The number of aryl methyl sites for hydroxylation is 2. The topological polar surface area (TPSA) is 34.9 Å². The van der Waals surface area contributed by atoms with Crippen LogP contribution in [0.15, 0.2) is 9.95 Å². The van der Waals surface area contributed by atoms with E-state index in [1.165, 1.54) is 16.9 Å². The molecular formula is C15H20N2OS2. The van der Waals surface area contributed by atoms with Crippen LogP contribution in [0, 0.1) is 0 Å². The first-order valence-corrected chi connectivity index (χ1v) is 9.24. The smallest absolute Gasteiger partial charge is 0.263 e. The lowest BCUT2D eigenvalue weighted by molar-refractivity contribution is 0.558. The maximum atomic E-state index is 12.9. The molecule has 20 heavy (non-hydrogen) atoms. The number of rotatable bonds is 5. The zero-order valence-electron chi connectivity index (χ0n) is 12.1. The van der Waals surface area contributed by atoms with E-state index in [0.717, 1.165) is 53.4 Å². The number of thioether (sulfide) groups is 1. The molecule has 5 heteroatoms. The Bertz CT molecular complexity index is 687. The molecule has 3 rings (SSSR count). The van der Waals surface area contributed by atoms with Gasteiger partial charge in [-0.3, -0.25) is 9.36 Å². The molecule has 0 N–H and O–H groups in total. The van der Waals surface area contributed by atoms with Crippen LogP contribution in [-0.2, 0) is 19.4 Å². The summed E-state index contributed by atoms with van der Waals surface area (Å²) in [4.78, 5) is 20.0. The Morgan fingerprint density at radius 2 is 2.20 bits per heavy atom. The van der Waals surface area contributed by atoms with Gasteiger partial charge in [-0.05, 0) is 37.0 Å². The van der Waals surface area contributed by atoms with Crippen molar-refractivity contribution in [1.29, 1.82) is 0 Å². The zero-order valence-corrected chi connectivity index (χ0v) is 13.7. The quantitative estimate of drug-likeness (QED) is 0.621. The van der Waals surface area contributed by atoms with Crippen molar-refractivity contribution in [3.8, 4) is 0 Å². The normalized spacial score (nSPS) is 14.1. The Kier molecular flexibility index (Phi) is 4.17. The highest BCUT2D eigenvalue weighted by atomic mass is 32.2. The van der Waals surface area contributed by atoms with E-state index in [-0.39, 0.29) is 5.56 Å². The van der Waals surface area contributed by atoms with Gasteiger partial charge in [0.15, 0.2) is 5.16 Å². The van der Waals surface area contributed by atoms with Crippen molar-refractivity contribution >= 4 is 33.3 Å². The van der Waals surface area contributed by atoms with Crippen LogP contribution in [0.1, 0.15) is 43.6 Å². The first-order chi connectivity index (χ1) is 9.76. The number of hydrogen-bond acceptors (Lipinski definition) is 4. The second-order valence-electron chi connectivity index (χ2n) is 5.18. The molecule has 0 aromatic carbocycles. The third-order valence-corrected chi connectivity index (χ3v) is 5.84. The summed E-state index contributed by atoms with van der Waals surface area (Å²) in [6, 6.07) is 0. The highest BCUT2D eigenvalue weighted by Gasteiger charge is 2.22. The second kappa shape index (κ2) is 5.90. The number of thiophene rings is 1. The average molecular weight is 308 g/mol. The van der Waals surface area contributed by atoms with E-state index < -0.39 is 0 Å². The standard InChI is InChI=1S/C15H20N2OS2/c1-3-5-9-17-14(18)12-10-7-6-8-11(10)20-13(12)16-15(17)19-4-2/h3-9H2,1-2H3. The minimum atomic E-state index is 0.193. The Labute approximate surface area is 127 Å². The number of fused-ring (bicyclic) bond motifs is 3. The highest BCUT2D eigenvalue weighted by molar-refractivity contribution is 7.99. The van der Waals surface area contributed by atoms with Crippen LogP contribution in [0.3, 0.4) is 0 Å². The molecule has 108 valence electrons. The van der Waals surface area contributed by atoms with Crippen LogP contribution in [0.4, 0.5) is 0 Å². The zero-order chi connectivity index (χ0) is 14.1. The minimum absolute atomic E-state index is 0.193. The van der Waals surface area contributed by atoms with Crippen molar-refractivity contribution < 1.29 is 0 Å². The van der Waals surface area contributed by atoms with E-state index in [1.807, 2.05) is 4.57 Å². The summed E-state index contributed by atoms with van der Waals surface area (Å²) in [7, 11) is 0. The Hall–Kier alpha value is -0.810. The number of aromatic nitrogens is 2. The van der Waals surface area contributed by atoms with Crippen LogP contribution in [0.5, 0.6) is 0 Å². The van der Waals surface area contributed by atoms with Crippen LogP contribution >= 0.6 is 23.1 Å². The van der Waals surface area contributed by atoms with Crippen molar-refractivity contribution in [3.05, 3.63) is 20.8 Å². The molecule has 0 unspecified atom stereocenters. The van der Waals surface area contributed by atoms with Crippen molar-refractivity contribution in [2.75, 3.05) is 5.75 Å². The monoisotopic (exact) mass is 308 g/mol. The summed E-state index contributed by atoms with van der Waals surface area (Å²) >= 11 is 3.42. The van der Waals surface area contributed by atoms with E-state index >= 15 is 0 Å². The summed E-state index contributed by atoms with van der Waals surface area (Å²) in [5.41, 5.74) is 1.49. The molecule has 0 atom stereocenters. The molecule has 2 aromatic rings. The van der Waals surface area contributed by atoms with Crippen LogP contribution in [-0.4, -0.2) is 15.3 Å². The predicted octanol–water partition coefficient (Wildman–Crippen LogP) is 3.86. The van der Waals surface area contributed by atoms with Gasteiger partial charge in [0.05, 0.1) is 5.39 Å². The van der Waals surface area contributed by atoms with Gasteiger partial charge >= 0.3 is 0 Å². The average Bonchev–Trinajstić information content (AvgIpc) is 2.98. The molecule has 0 saturated carbocycles. The number of nitrogens with zero attached hydrogens (tertiary/aromatic N) is 2. The van der Waals surface area contributed by atoms with Crippen molar-refractivity contribution in [2.45, 2.75) is 57.7 Å². The first-order valence-electron chi connectivity index (χ1n) is 7.44. The molecule has 0 radical (unpaired) electrons. The van der Waals surface area contributed by atoms with Gasteiger partial charge in [-0.25, -0.2) is 4.98 Å². The summed E-state index contributed by atoms with van der Waals surface area (Å²) < 4.78 is 1.91. The maximum Gasteiger partial charge on any atom is 0.263 e. The van der Waals surface area contributed by atoms with Crippen LogP contribution in [0.25, 0.3) is 10.2 Å². The van der Waals surface area contributed by atoms with E-state index in [2.05, 4.69) is 13.8 Å². The summed E-state index contributed by atoms with van der Waals surface area (Å²) in [5, 5.41) is 1.82. The van der Waals surface area contributed by atoms with E-state index in [4.69, 9.17) is 4.98 Å². The molecule has 0 bridgehead atoms. The van der Waals surface area contributed by atoms with Crippen molar-refractivity contribution in [1.82, 2.24) is 9.55 Å². The fourth-order valence-corrected chi connectivity index (χ4v) is 4.86. The highest BCUT2D eigenvalue weighted by Crippen LogP contribution is 2.35. The maximum absolute atomic E-state index is 12.9. The van der Waals surface area contributed by atoms with Crippen LogP contribution < -0.4 is 5.56 Å². The van der Waals surface area contributed by atoms with Gasteiger partial charge in [0.2, 0.25) is 0 Å². The van der Waals surface area contributed by atoms with Gasteiger partial charge in [-0.1, -0.05) is 32.0 Å². The molecule has 0 spiro atoms. The molecule has 0 fully saturated rings. The van der Waals surface area contributed by atoms with Crippen LogP contribution in [0.2, 0.25) is 0 Å². The predicted molar refractivity (Wildman–Crippen MR) is 87.2 cm³/mol. The molecule has 2 heterocycles. The Balaban J connectivity index is 2.19. The fourth-order valence-electron chi connectivity index (χ4n) is 2.81. The van der Waals surface area contributed by atoms with Crippen molar-refractivity contribution in [2.24, 2.45) is 0 Å². The van der Waals surface area contributed by atoms with Gasteiger partial charge < -0.3 is 0 Å². The van der Waals surface area contributed by atoms with Gasteiger partial charge in [0.1, 0.15) is 4.83 Å². The molecule has 0 amide bonds. The largest absolute Gasteiger partial charge is 0.287 e. The third-order valence-electron chi connectivity index (χ3n) is 3.80. The second-order valence-corrected chi connectivity index (χ2v) is 7.49. The number of hydrogen-bond donors (Lipinski definition) is 0. The van der Waals surface area contributed by atoms with E-state index in [0.29, 0.717) is 0 Å². The molecule has 0 saturated heterocycles. The molecule has 1 aliphatic rings. The summed E-state index contributed by atoms with van der Waals surface area (Å²) in [5.74, 6) is 0.954.